The molecule has 0 bridgehead atoms. The van der Waals surface area contributed by atoms with Gasteiger partial charge in [0.05, 0.1) is 30.5 Å². The number of carbonyl (C=O) groups excluding carboxylic acids is 1. The SMILES string of the molecule is COc1ccc(CNc2cc3c4c(c2O)[N+](S(=O)(=O)c2ccc(C)cc2)=CC=4CCN=3)cc1OC.O=C([O-])C(F)(F)F. The van der Waals surface area contributed by atoms with Gasteiger partial charge < -0.3 is 29.8 Å². The van der Waals surface area contributed by atoms with Crippen LogP contribution in [0.25, 0.3) is 5.57 Å². The molecule has 2 heterocycles. The number of nitrogens with zero attached hydrogens (tertiary/aromatic N) is 2. The lowest BCUT2D eigenvalue weighted by Crippen LogP contribution is -2.37. The zero-order chi connectivity index (χ0) is 30.8. The summed E-state index contributed by atoms with van der Waals surface area (Å²) in [7, 11) is -0.781. The normalized spacial score (nSPS) is 13.7. The minimum absolute atomic E-state index is 0.136. The van der Waals surface area contributed by atoms with Crippen molar-refractivity contribution < 1.29 is 50.1 Å². The summed E-state index contributed by atoms with van der Waals surface area (Å²) in [4.78, 5) is 13.5. The number of hydrogen-bond acceptors (Lipinski definition) is 9. The second kappa shape index (κ2) is 11.7. The summed E-state index contributed by atoms with van der Waals surface area (Å²) in [5.41, 5.74) is 3.35. The summed E-state index contributed by atoms with van der Waals surface area (Å²) >= 11 is 0. The van der Waals surface area contributed by atoms with Crippen LogP contribution in [-0.4, -0.2) is 56.6 Å². The van der Waals surface area contributed by atoms with E-state index in [0.29, 0.717) is 47.3 Å². The van der Waals surface area contributed by atoms with Crippen molar-refractivity contribution in [2.45, 2.75) is 31.0 Å². The molecule has 2 N–H and O–H groups in total. The Bertz CT molecular complexity index is 1800. The molecule has 3 aromatic rings. The third kappa shape index (κ3) is 6.03. The summed E-state index contributed by atoms with van der Waals surface area (Å²) in [6, 6.07) is 14.0. The van der Waals surface area contributed by atoms with Crippen molar-refractivity contribution in [3.63, 3.8) is 0 Å². The van der Waals surface area contributed by atoms with Gasteiger partial charge in [-0.2, -0.15) is 21.6 Å². The van der Waals surface area contributed by atoms with Crippen molar-refractivity contribution in [1.82, 2.24) is 0 Å². The van der Waals surface area contributed by atoms with Gasteiger partial charge >= 0.3 is 16.2 Å². The van der Waals surface area contributed by atoms with E-state index in [-0.39, 0.29) is 16.3 Å². The Kier molecular flexibility index (Phi) is 8.48. The number of hydrogen-bond donors (Lipinski definition) is 2. The summed E-state index contributed by atoms with van der Waals surface area (Å²) in [6.45, 7) is 2.83. The lowest BCUT2D eigenvalue weighted by atomic mass is 10.1. The monoisotopic (exact) mass is 605 g/mol. The Morgan fingerprint density at radius 1 is 1.10 bits per heavy atom. The molecule has 0 aliphatic carbocycles. The summed E-state index contributed by atoms with van der Waals surface area (Å²) in [5, 5.41) is 24.6. The maximum Gasteiger partial charge on any atom is 0.430 e. The van der Waals surface area contributed by atoms with E-state index in [2.05, 4.69) is 10.3 Å². The standard InChI is InChI=1S/C26H25N3O5S.C2HF3O2/c1-16-4-7-19(8-5-16)35(31,32)29-15-18-10-11-27-20-13-21(26(30)25(29)24(18)20)28-14-17-6-9-22(33-2)23(12-17)34-3;3-2(4,5)1(6)7/h4-9,12-13,15H,10-11,14H2,1-3H3,(H,27,28);(H,6,7). The first-order valence-electron chi connectivity index (χ1n) is 12.4. The van der Waals surface area contributed by atoms with Crippen LogP contribution in [0.1, 0.15) is 17.5 Å². The van der Waals surface area contributed by atoms with Crippen molar-refractivity contribution in [2.75, 3.05) is 26.1 Å². The molecule has 0 atom stereocenters. The Morgan fingerprint density at radius 2 is 1.74 bits per heavy atom. The number of benzene rings is 3. The van der Waals surface area contributed by atoms with E-state index in [1.165, 1.54) is 3.98 Å². The maximum absolute atomic E-state index is 13.6. The molecule has 42 heavy (non-hydrogen) atoms. The first kappa shape index (κ1) is 30.4. The fourth-order valence-corrected chi connectivity index (χ4v) is 5.78. The third-order valence-corrected chi connectivity index (χ3v) is 8.15. The number of halogens is 3. The molecule has 2 aliphatic heterocycles. The Hall–Kier alpha value is -4.59. The molecule has 0 amide bonds. The number of alkyl halides is 3. The van der Waals surface area contributed by atoms with Crippen LogP contribution in [0, 0.1) is 6.92 Å². The molecule has 0 aromatic heterocycles. The van der Waals surface area contributed by atoms with Crippen LogP contribution in [0.4, 0.5) is 24.5 Å². The molecule has 2 aliphatic rings. The van der Waals surface area contributed by atoms with Gasteiger partial charge in [-0.1, -0.05) is 27.7 Å². The lowest BCUT2D eigenvalue weighted by Gasteiger charge is -2.13. The second-order valence-electron chi connectivity index (χ2n) is 9.24. The highest BCUT2D eigenvalue weighted by Crippen LogP contribution is 2.36. The molecule has 0 unspecified atom stereocenters. The van der Waals surface area contributed by atoms with Gasteiger partial charge in [-0.05, 0) is 49.2 Å². The molecule has 0 saturated heterocycles. The number of carboxylic acids is 1. The molecule has 14 heteroatoms. The zero-order valence-corrected chi connectivity index (χ0v) is 23.5. The number of ether oxygens (including phenoxy) is 2. The van der Waals surface area contributed by atoms with Gasteiger partial charge in [0.2, 0.25) is 5.75 Å². The van der Waals surface area contributed by atoms with Crippen molar-refractivity contribution >= 4 is 39.2 Å². The van der Waals surface area contributed by atoms with Gasteiger partial charge in [0.15, 0.2) is 17.7 Å². The fourth-order valence-electron chi connectivity index (χ4n) is 4.39. The number of phenolic OH excluding ortho intramolecular Hbond substituents is 1. The Morgan fingerprint density at radius 3 is 2.33 bits per heavy atom. The maximum atomic E-state index is 13.6. The van der Waals surface area contributed by atoms with E-state index in [4.69, 9.17) is 19.4 Å². The van der Waals surface area contributed by atoms with Crippen LogP contribution in [-0.2, 0) is 21.4 Å². The van der Waals surface area contributed by atoms with Crippen LogP contribution in [0.3, 0.4) is 0 Å². The summed E-state index contributed by atoms with van der Waals surface area (Å²) in [5.74, 6) is -1.93. The van der Waals surface area contributed by atoms with Crippen LogP contribution in [0.2, 0.25) is 0 Å². The quantitative estimate of drug-likeness (QED) is 0.308. The number of carboxylic acid groups (broad SMARTS) is 1. The fraction of sp³-hybridized carbons (Fsp3) is 0.250. The number of carbonyl (C=O) groups is 1. The highest BCUT2D eigenvalue weighted by molar-refractivity contribution is 7.85. The van der Waals surface area contributed by atoms with Crippen molar-refractivity contribution in [3.8, 4) is 17.2 Å². The smallest absolute Gasteiger partial charge is 0.430 e. The van der Waals surface area contributed by atoms with Crippen molar-refractivity contribution in [3.05, 3.63) is 70.2 Å². The van der Waals surface area contributed by atoms with Crippen LogP contribution in [0.5, 0.6) is 17.2 Å². The van der Waals surface area contributed by atoms with E-state index < -0.39 is 22.2 Å². The molecular weight excluding hydrogens is 579 g/mol. The van der Waals surface area contributed by atoms with Crippen LogP contribution >= 0.6 is 0 Å². The number of phenols is 1. The van der Waals surface area contributed by atoms with Gasteiger partial charge in [0.1, 0.15) is 10.9 Å². The van der Waals surface area contributed by atoms with E-state index in [9.17, 15) is 26.7 Å². The number of anilines is 1. The second-order valence-corrected chi connectivity index (χ2v) is 11.1. The molecule has 3 aromatic carbocycles. The molecule has 0 saturated carbocycles. The van der Waals surface area contributed by atoms with Gasteiger partial charge in [0.25, 0.3) is 5.69 Å². The molecule has 0 fully saturated rings. The predicted octanol–water partition coefficient (Wildman–Crippen LogP) is 1.92. The lowest BCUT2D eigenvalue weighted by molar-refractivity contribution is -0.344. The van der Waals surface area contributed by atoms with Gasteiger partial charge in [-0.15, -0.1) is 0 Å². The zero-order valence-electron chi connectivity index (χ0n) is 22.7. The Labute approximate surface area is 238 Å². The molecule has 0 spiro atoms. The number of aliphatic carboxylic acids is 1. The number of aryl methyl sites for hydroxylation is 1. The summed E-state index contributed by atoms with van der Waals surface area (Å²) < 4.78 is 70.5. The van der Waals surface area contributed by atoms with Gasteiger partial charge in [-0.25, -0.2) is 0 Å². The Balaban J connectivity index is 0.000000517. The average Bonchev–Trinajstić information content (AvgIpc) is 3.36. The van der Waals surface area contributed by atoms with E-state index in [1.54, 1.807) is 50.8 Å². The van der Waals surface area contributed by atoms with Gasteiger partial charge in [-0.3, -0.25) is 4.99 Å². The summed E-state index contributed by atoms with van der Waals surface area (Å²) in [6.07, 6.45) is -2.98. The molecule has 222 valence electrons. The number of methoxy groups -OCH3 is 2. The number of aromatic hydroxyl groups is 1. The highest BCUT2D eigenvalue weighted by atomic mass is 32.2. The predicted molar refractivity (Wildman–Crippen MR) is 144 cm³/mol. The minimum atomic E-state index is -5.19. The largest absolute Gasteiger partial charge is 0.542 e. The van der Waals surface area contributed by atoms with Crippen molar-refractivity contribution in [1.29, 1.82) is 0 Å². The van der Waals surface area contributed by atoms with Gasteiger partial charge in [0, 0.05) is 18.7 Å². The number of rotatable bonds is 7. The molecule has 5 rings (SSSR count). The van der Waals surface area contributed by atoms with E-state index >= 15 is 0 Å². The first-order chi connectivity index (χ1) is 19.8. The average molecular weight is 606 g/mol. The van der Waals surface area contributed by atoms with Crippen LogP contribution < -0.4 is 30.5 Å². The number of sulfonamides is 1. The molecule has 0 radical (unpaired) electrons. The van der Waals surface area contributed by atoms with E-state index in [0.717, 1.165) is 16.7 Å². The van der Waals surface area contributed by atoms with Crippen LogP contribution in [0.15, 0.2) is 58.4 Å². The first-order valence-corrected chi connectivity index (χ1v) is 13.8. The highest BCUT2D eigenvalue weighted by Gasteiger charge is 2.39. The third-order valence-electron chi connectivity index (χ3n) is 6.47. The van der Waals surface area contributed by atoms with E-state index in [1.807, 2.05) is 25.1 Å². The molecular formula is C28H26F3N3O7S. The molecule has 10 nitrogen and oxygen atoms in total. The topological polar surface area (TPSA) is 140 Å². The number of nitrogens with one attached hydrogen (secondary N) is 1. The van der Waals surface area contributed by atoms with Crippen molar-refractivity contribution in [2.24, 2.45) is 4.99 Å². The minimum Gasteiger partial charge on any atom is -0.542 e.